The number of halogens is 3. The summed E-state index contributed by atoms with van der Waals surface area (Å²) < 4.78 is 71.9. The summed E-state index contributed by atoms with van der Waals surface area (Å²) in [6.07, 6.45) is 0. The number of hydrogen-bond acceptors (Lipinski definition) is 6. The lowest BCUT2D eigenvalue weighted by atomic mass is 9.90. The van der Waals surface area contributed by atoms with Gasteiger partial charge in [0.05, 0.1) is 5.69 Å². The smallest absolute Gasteiger partial charge is 0.376 e. The number of para-hydroxylation sites is 4. The molecule has 0 fully saturated rings. The van der Waals surface area contributed by atoms with Crippen LogP contribution in [0.2, 0.25) is 0 Å². The van der Waals surface area contributed by atoms with Crippen LogP contribution < -0.4 is 14.0 Å². The molecule has 0 spiro atoms. The molecule has 0 unspecified atom stereocenters. The molecule has 0 atom stereocenters. The minimum absolute atomic E-state index is 0.447. The SMILES string of the molecule is O=S(=O)(Oc1cccc(-c2cc(-c3ccccc3N(c3ccccc3)c3ccccc3)c3c(c2)sc2c4ccccc4c(-c4cccc(N(c5ccccc5)c5ccc6ccccc6c5)c4)cc23)c1)C(F)(F)F. The molecule has 5 nitrogen and oxygen atoms in total. The Labute approximate surface area is 424 Å². The first-order valence-electron chi connectivity index (χ1n) is 23.6. The average Bonchev–Trinajstić information content (AvgIpc) is 3.80. The van der Waals surface area contributed by atoms with Crippen molar-refractivity contribution in [3.8, 4) is 39.1 Å². The monoisotopic (exact) mass is 994 g/mol. The van der Waals surface area contributed by atoms with Gasteiger partial charge in [0, 0.05) is 59.6 Å². The van der Waals surface area contributed by atoms with Gasteiger partial charge in [0.1, 0.15) is 5.75 Å². The Bertz CT molecular complexity index is 4110. The fourth-order valence-electron chi connectivity index (χ4n) is 9.88. The van der Waals surface area contributed by atoms with E-state index in [1.54, 1.807) is 17.4 Å². The van der Waals surface area contributed by atoms with Crippen LogP contribution in [0.3, 0.4) is 0 Å². The normalized spacial score (nSPS) is 11.9. The molecule has 12 rings (SSSR count). The van der Waals surface area contributed by atoms with Crippen molar-refractivity contribution < 1.29 is 25.8 Å². The fourth-order valence-corrected chi connectivity index (χ4v) is 11.6. The maximum absolute atomic E-state index is 13.6. The number of nitrogens with zero attached hydrogens (tertiary/aromatic N) is 2. The first-order valence-corrected chi connectivity index (χ1v) is 25.8. The summed E-state index contributed by atoms with van der Waals surface area (Å²) in [6, 6.07) is 83.1. The van der Waals surface area contributed by atoms with Gasteiger partial charge in [-0.25, -0.2) is 0 Å². The van der Waals surface area contributed by atoms with Gasteiger partial charge in [0.15, 0.2) is 0 Å². The first-order chi connectivity index (χ1) is 35.6. The van der Waals surface area contributed by atoms with Crippen molar-refractivity contribution in [1.82, 2.24) is 0 Å². The number of hydrogen-bond donors (Lipinski definition) is 0. The second kappa shape index (κ2) is 18.5. The van der Waals surface area contributed by atoms with Crippen LogP contribution in [-0.2, 0) is 10.1 Å². The Balaban J connectivity index is 1.11. The summed E-state index contributed by atoms with van der Waals surface area (Å²) in [4.78, 5) is 4.51. The zero-order valence-electron chi connectivity index (χ0n) is 38.7. The Morgan fingerprint density at radius 1 is 0.397 bits per heavy atom. The van der Waals surface area contributed by atoms with Gasteiger partial charge in [0.2, 0.25) is 0 Å². The molecule has 1 aromatic heterocycles. The van der Waals surface area contributed by atoms with Gasteiger partial charge in [-0.2, -0.15) is 21.6 Å². The lowest BCUT2D eigenvalue weighted by Crippen LogP contribution is -2.28. The van der Waals surface area contributed by atoms with Crippen LogP contribution in [0.4, 0.5) is 47.3 Å². The quantitative estimate of drug-likeness (QED) is 0.0955. The Morgan fingerprint density at radius 2 is 0.973 bits per heavy atom. The highest BCUT2D eigenvalue weighted by Gasteiger charge is 2.48. The molecular weight excluding hydrogens is 954 g/mol. The van der Waals surface area contributed by atoms with Crippen molar-refractivity contribution >= 4 is 97.3 Å². The van der Waals surface area contributed by atoms with Gasteiger partial charge >= 0.3 is 15.6 Å². The van der Waals surface area contributed by atoms with Gasteiger partial charge in [-0.1, -0.05) is 152 Å². The number of rotatable bonds is 11. The maximum atomic E-state index is 13.6. The summed E-state index contributed by atoms with van der Waals surface area (Å²) in [6.45, 7) is 0. The molecule has 73 heavy (non-hydrogen) atoms. The second-order valence-electron chi connectivity index (χ2n) is 17.6. The van der Waals surface area contributed by atoms with Gasteiger partial charge in [0.25, 0.3) is 0 Å². The molecule has 12 aromatic rings. The largest absolute Gasteiger partial charge is 0.534 e. The van der Waals surface area contributed by atoms with E-state index in [-0.39, 0.29) is 0 Å². The molecule has 354 valence electrons. The molecule has 0 N–H and O–H groups in total. The highest BCUT2D eigenvalue weighted by molar-refractivity contribution is 7.88. The van der Waals surface area contributed by atoms with Gasteiger partial charge < -0.3 is 14.0 Å². The predicted molar refractivity (Wildman–Crippen MR) is 296 cm³/mol. The van der Waals surface area contributed by atoms with E-state index in [0.29, 0.717) is 11.1 Å². The highest BCUT2D eigenvalue weighted by Crippen LogP contribution is 2.51. The molecule has 0 amide bonds. The second-order valence-corrected chi connectivity index (χ2v) is 20.2. The van der Waals surface area contributed by atoms with Crippen LogP contribution in [0.1, 0.15) is 0 Å². The predicted octanol–water partition coefficient (Wildman–Crippen LogP) is 18.5. The van der Waals surface area contributed by atoms with E-state index in [0.717, 1.165) is 98.1 Å². The van der Waals surface area contributed by atoms with Crippen molar-refractivity contribution in [1.29, 1.82) is 0 Å². The number of fused-ring (bicyclic) bond motifs is 6. The van der Waals surface area contributed by atoms with Gasteiger partial charge in [-0.3, -0.25) is 0 Å². The summed E-state index contributed by atoms with van der Waals surface area (Å²) in [5.74, 6) is -0.447. The molecule has 0 saturated heterocycles. The highest BCUT2D eigenvalue weighted by atomic mass is 32.2. The molecule has 0 bridgehead atoms. The molecule has 1 heterocycles. The lowest BCUT2D eigenvalue weighted by molar-refractivity contribution is -0.0500. The van der Waals surface area contributed by atoms with Crippen molar-refractivity contribution in [3.05, 3.63) is 249 Å². The zero-order valence-corrected chi connectivity index (χ0v) is 40.4. The van der Waals surface area contributed by atoms with Crippen LogP contribution in [0.15, 0.2) is 249 Å². The van der Waals surface area contributed by atoms with E-state index >= 15 is 0 Å². The fraction of sp³-hybridized carbons (Fsp3) is 0.0159. The zero-order chi connectivity index (χ0) is 49.7. The van der Waals surface area contributed by atoms with Gasteiger partial charge in [-0.05, 0) is 141 Å². The van der Waals surface area contributed by atoms with Crippen molar-refractivity contribution in [2.24, 2.45) is 0 Å². The average molecular weight is 995 g/mol. The third kappa shape index (κ3) is 8.50. The number of anilines is 6. The van der Waals surface area contributed by atoms with E-state index in [1.807, 2.05) is 60.7 Å². The maximum Gasteiger partial charge on any atom is 0.534 e. The van der Waals surface area contributed by atoms with E-state index < -0.39 is 21.4 Å². The molecular formula is C63H41F3N2O3S2. The summed E-state index contributed by atoms with van der Waals surface area (Å²) in [5.41, 5.74) is 5.24. The first kappa shape index (κ1) is 45.4. The molecule has 0 aliphatic rings. The summed E-state index contributed by atoms with van der Waals surface area (Å²) in [7, 11) is -5.92. The van der Waals surface area contributed by atoms with E-state index in [4.69, 9.17) is 0 Å². The number of alkyl halides is 3. The Morgan fingerprint density at radius 3 is 1.68 bits per heavy atom. The molecule has 0 aliphatic carbocycles. The third-order valence-corrected chi connectivity index (χ3v) is 15.3. The third-order valence-electron chi connectivity index (χ3n) is 13.1. The number of thiophene rings is 1. The summed E-state index contributed by atoms with van der Waals surface area (Å²) >= 11 is 1.64. The molecule has 11 aromatic carbocycles. The van der Waals surface area contributed by atoms with E-state index in [1.165, 1.54) is 18.2 Å². The molecule has 0 aliphatic heterocycles. The topological polar surface area (TPSA) is 49.9 Å². The summed E-state index contributed by atoms with van der Waals surface area (Å²) in [5, 5.41) is 6.48. The van der Waals surface area contributed by atoms with Gasteiger partial charge in [-0.15, -0.1) is 11.3 Å². The standard InChI is InChI=1S/C63H41F3N2O3S2/c64-63(65,66)73(69,70)71-52-29-17-20-44(38-52)46-39-57(54-31-14-15-33-59(54)68(48-24-6-2-7-25-48)49-26-8-3-9-27-49)61-58-41-56(53-30-12-13-32-55(53)62(58)72-60(61)40-46)45-21-16-28-50(37-45)67(47-22-4-1-5-23-47)51-35-34-42-18-10-11-19-43(42)36-51/h1-41H. The van der Waals surface area contributed by atoms with E-state index in [9.17, 15) is 21.6 Å². The van der Waals surface area contributed by atoms with Crippen LogP contribution in [0.5, 0.6) is 5.75 Å². The molecule has 10 heteroatoms. The Kier molecular flexibility index (Phi) is 11.5. The molecule has 0 radical (unpaired) electrons. The minimum Gasteiger partial charge on any atom is -0.376 e. The minimum atomic E-state index is -5.92. The lowest BCUT2D eigenvalue weighted by Gasteiger charge is -2.28. The molecule has 0 saturated carbocycles. The van der Waals surface area contributed by atoms with Crippen molar-refractivity contribution in [3.63, 3.8) is 0 Å². The Hall–Kier alpha value is -8.70. The van der Waals surface area contributed by atoms with Crippen LogP contribution >= 0.6 is 11.3 Å². The van der Waals surface area contributed by atoms with Crippen molar-refractivity contribution in [2.75, 3.05) is 9.80 Å². The van der Waals surface area contributed by atoms with Crippen LogP contribution in [-0.4, -0.2) is 13.9 Å². The van der Waals surface area contributed by atoms with Crippen molar-refractivity contribution in [2.45, 2.75) is 5.51 Å². The van der Waals surface area contributed by atoms with E-state index in [2.05, 4.69) is 178 Å². The van der Waals surface area contributed by atoms with Crippen LogP contribution in [0, 0.1) is 0 Å². The van der Waals surface area contributed by atoms with Crippen LogP contribution in [0.25, 0.3) is 75.1 Å². The number of benzene rings is 11.